The van der Waals surface area contributed by atoms with Gasteiger partial charge in [0.1, 0.15) is 5.84 Å². The van der Waals surface area contributed by atoms with E-state index in [0.717, 1.165) is 69.1 Å². The van der Waals surface area contributed by atoms with Crippen LogP contribution in [0.25, 0.3) is 0 Å². The largest absolute Gasteiger partial charge is 0.304 e. The minimum atomic E-state index is -0.385. The van der Waals surface area contributed by atoms with E-state index in [2.05, 4.69) is 80.9 Å². The van der Waals surface area contributed by atoms with Crippen LogP contribution in [-0.4, -0.2) is 60.8 Å². The van der Waals surface area contributed by atoms with Gasteiger partial charge in [-0.3, -0.25) is 14.6 Å². The Morgan fingerprint density at radius 3 is 2.03 bits per heavy atom. The van der Waals surface area contributed by atoms with Crippen molar-refractivity contribution in [3.63, 3.8) is 0 Å². The minimum absolute atomic E-state index is 0.0189. The first-order valence-corrected chi connectivity index (χ1v) is 13.3. The van der Waals surface area contributed by atoms with Crippen LogP contribution in [-0.2, 0) is 4.79 Å². The third kappa shape index (κ3) is 4.34. The summed E-state index contributed by atoms with van der Waals surface area (Å²) in [4.78, 5) is 26.9. The van der Waals surface area contributed by atoms with Gasteiger partial charge in [0.05, 0.1) is 22.8 Å². The molecule has 1 saturated carbocycles. The van der Waals surface area contributed by atoms with Crippen molar-refractivity contribution in [2.75, 3.05) is 38.1 Å². The van der Waals surface area contributed by atoms with Crippen LogP contribution in [0.3, 0.4) is 0 Å². The number of anilines is 1. The number of piperazine rings is 1. The fourth-order valence-electron chi connectivity index (χ4n) is 6.59. The molecule has 35 heavy (non-hydrogen) atoms. The quantitative estimate of drug-likeness (QED) is 0.587. The molecule has 2 saturated heterocycles. The molecule has 5 heteroatoms. The van der Waals surface area contributed by atoms with Gasteiger partial charge >= 0.3 is 0 Å². The third-order valence-corrected chi connectivity index (χ3v) is 8.43. The second kappa shape index (κ2) is 9.51. The first kappa shape index (κ1) is 24.2. The summed E-state index contributed by atoms with van der Waals surface area (Å²) in [6.07, 6.45) is 5.37. The van der Waals surface area contributed by atoms with Crippen LogP contribution in [0.2, 0.25) is 0 Å². The van der Waals surface area contributed by atoms with Crippen molar-refractivity contribution in [3.8, 4) is 0 Å². The molecule has 2 aromatic rings. The van der Waals surface area contributed by atoms with Crippen LogP contribution in [0.4, 0.5) is 11.4 Å². The number of rotatable bonds is 3. The maximum atomic E-state index is 14.5. The number of nitrogens with zero attached hydrogens (tertiary/aromatic N) is 4. The maximum Gasteiger partial charge on any atom is 0.240 e. The average molecular weight is 473 g/mol. The van der Waals surface area contributed by atoms with Crippen molar-refractivity contribution < 1.29 is 4.79 Å². The van der Waals surface area contributed by atoms with Crippen LogP contribution in [0, 0.1) is 33.1 Å². The van der Waals surface area contributed by atoms with Gasteiger partial charge in [-0.05, 0) is 70.8 Å². The molecule has 3 aliphatic rings. The molecule has 2 heterocycles. The molecule has 2 aliphatic heterocycles. The summed E-state index contributed by atoms with van der Waals surface area (Å²) >= 11 is 0. The van der Waals surface area contributed by atoms with Crippen LogP contribution in [0.1, 0.15) is 54.4 Å². The van der Waals surface area contributed by atoms with Crippen LogP contribution in [0.15, 0.2) is 41.4 Å². The average Bonchev–Trinajstić information content (AvgIpc) is 3.05. The summed E-state index contributed by atoms with van der Waals surface area (Å²) in [6.45, 7) is 12.5. The Labute approximate surface area is 210 Å². The highest BCUT2D eigenvalue weighted by molar-refractivity contribution is 6.27. The van der Waals surface area contributed by atoms with Crippen molar-refractivity contribution in [1.82, 2.24) is 9.80 Å². The van der Waals surface area contributed by atoms with E-state index < -0.39 is 0 Å². The first-order valence-electron chi connectivity index (χ1n) is 13.3. The highest BCUT2D eigenvalue weighted by Gasteiger charge is 2.60. The first-order chi connectivity index (χ1) is 16.8. The van der Waals surface area contributed by atoms with Gasteiger partial charge in [0.25, 0.3) is 0 Å². The molecule has 0 radical (unpaired) electrons. The summed E-state index contributed by atoms with van der Waals surface area (Å²) in [5.41, 5.74) is 6.38. The van der Waals surface area contributed by atoms with Crippen LogP contribution in [0.5, 0.6) is 0 Å². The fraction of sp³-hybridized carbons (Fsp3) is 0.533. The number of carbonyl (C=O) groups excluding carboxylic acids is 1. The lowest BCUT2D eigenvalue weighted by Crippen LogP contribution is -2.57. The standard InChI is InChI=1S/C30H40N4O/c1-21-9-11-25(12-10-21)34-28(31-26-23(3)19-22(2)20-24(26)4)27(33-17-15-32(5)16-18-33)30(29(34)35)13-7-6-8-14-30/h9-12,19-20,27H,6-8,13-18H2,1-5H3/t27-/m1/s1. The molecule has 5 rings (SSSR count). The van der Waals surface area contributed by atoms with Gasteiger partial charge in [-0.15, -0.1) is 0 Å². The number of aliphatic imine (C=N–C) groups is 1. The predicted molar refractivity (Wildman–Crippen MR) is 145 cm³/mol. The molecule has 1 amide bonds. The molecule has 2 aromatic carbocycles. The Bertz CT molecular complexity index is 1100. The number of likely N-dealkylation sites (N-methyl/N-ethyl adjacent to an activating group) is 1. The predicted octanol–water partition coefficient (Wildman–Crippen LogP) is 5.56. The van der Waals surface area contributed by atoms with E-state index >= 15 is 0 Å². The summed E-state index contributed by atoms with van der Waals surface area (Å²) < 4.78 is 0. The Balaban J connectivity index is 1.71. The summed E-state index contributed by atoms with van der Waals surface area (Å²) in [5.74, 6) is 1.19. The van der Waals surface area contributed by atoms with Gasteiger partial charge in [0, 0.05) is 26.2 Å². The zero-order chi connectivity index (χ0) is 24.7. The van der Waals surface area contributed by atoms with Gasteiger partial charge in [-0.25, -0.2) is 4.99 Å². The van der Waals surface area contributed by atoms with E-state index in [1.54, 1.807) is 0 Å². The second-order valence-electron chi connectivity index (χ2n) is 11.2. The highest BCUT2D eigenvalue weighted by atomic mass is 16.2. The number of benzene rings is 2. The maximum absolute atomic E-state index is 14.5. The van der Waals surface area contributed by atoms with Gasteiger partial charge in [-0.2, -0.15) is 0 Å². The van der Waals surface area contributed by atoms with Crippen molar-refractivity contribution in [2.45, 2.75) is 65.8 Å². The number of hydrogen-bond acceptors (Lipinski definition) is 4. The minimum Gasteiger partial charge on any atom is -0.304 e. The molecule has 0 bridgehead atoms. The van der Waals surface area contributed by atoms with Gasteiger partial charge < -0.3 is 4.90 Å². The normalized spacial score (nSPS) is 24.6. The van der Waals surface area contributed by atoms with Crippen LogP contribution < -0.4 is 4.90 Å². The van der Waals surface area contributed by atoms with E-state index in [9.17, 15) is 4.79 Å². The Hall–Kier alpha value is -2.50. The highest BCUT2D eigenvalue weighted by Crippen LogP contribution is 2.50. The van der Waals surface area contributed by atoms with Crippen molar-refractivity contribution in [3.05, 3.63) is 58.7 Å². The van der Waals surface area contributed by atoms with E-state index in [1.165, 1.54) is 28.7 Å². The smallest absolute Gasteiger partial charge is 0.240 e. The number of amidine groups is 1. The summed E-state index contributed by atoms with van der Waals surface area (Å²) in [5, 5.41) is 0. The topological polar surface area (TPSA) is 39.2 Å². The zero-order valence-electron chi connectivity index (χ0n) is 22.1. The molecule has 1 spiro atoms. The van der Waals surface area contributed by atoms with Gasteiger partial charge in [0.15, 0.2) is 0 Å². The molecule has 1 aliphatic carbocycles. The molecular formula is C30H40N4O. The van der Waals surface area contributed by atoms with Crippen molar-refractivity contribution >= 4 is 23.1 Å². The SMILES string of the molecule is Cc1ccc(N2C(=O)C3(CCCCC3)[C@H](N3CCN(C)CC3)C2=Nc2c(C)cc(C)cc2C)cc1. The van der Waals surface area contributed by atoms with E-state index in [0.29, 0.717) is 0 Å². The van der Waals surface area contributed by atoms with Gasteiger partial charge in [0.2, 0.25) is 5.91 Å². The molecule has 186 valence electrons. The Kier molecular flexibility index (Phi) is 6.58. The Morgan fingerprint density at radius 2 is 1.43 bits per heavy atom. The lowest BCUT2D eigenvalue weighted by molar-refractivity contribution is -0.130. The zero-order valence-corrected chi connectivity index (χ0v) is 22.1. The molecule has 0 N–H and O–H groups in total. The lowest BCUT2D eigenvalue weighted by atomic mass is 9.69. The molecule has 5 nitrogen and oxygen atoms in total. The number of carbonyl (C=O) groups is 1. The van der Waals surface area contributed by atoms with Crippen molar-refractivity contribution in [2.24, 2.45) is 10.4 Å². The van der Waals surface area contributed by atoms with E-state index in [1.807, 2.05) is 4.90 Å². The lowest BCUT2D eigenvalue weighted by Gasteiger charge is -2.44. The molecular weight excluding hydrogens is 432 g/mol. The van der Waals surface area contributed by atoms with Crippen molar-refractivity contribution in [1.29, 1.82) is 0 Å². The van der Waals surface area contributed by atoms with E-state index in [-0.39, 0.29) is 17.4 Å². The van der Waals surface area contributed by atoms with E-state index in [4.69, 9.17) is 4.99 Å². The number of amides is 1. The third-order valence-electron chi connectivity index (χ3n) is 8.43. The van der Waals surface area contributed by atoms with Gasteiger partial charge in [-0.1, -0.05) is 54.7 Å². The summed E-state index contributed by atoms with van der Waals surface area (Å²) in [6, 6.07) is 12.9. The number of aryl methyl sites for hydroxylation is 4. The number of hydrogen-bond donors (Lipinski definition) is 0. The molecule has 0 aromatic heterocycles. The molecule has 0 unspecified atom stereocenters. The second-order valence-corrected chi connectivity index (χ2v) is 11.2. The molecule has 1 atom stereocenters. The van der Waals surface area contributed by atoms with Crippen LogP contribution >= 0.6 is 0 Å². The summed E-state index contributed by atoms with van der Waals surface area (Å²) in [7, 11) is 2.19. The Morgan fingerprint density at radius 1 is 0.829 bits per heavy atom. The monoisotopic (exact) mass is 472 g/mol. The fourth-order valence-corrected chi connectivity index (χ4v) is 6.59. The molecule has 3 fully saturated rings.